The first kappa shape index (κ1) is 18.9. The van der Waals surface area contributed by atoms with E-state index in [1.54, 1.807) is 18.2 Å². The van der Waals surface area contributed by atoms with Crippen molar-refractivity contribution < 1.29 is 18.7 Å². The molecule has 0 aliphatic carbocycles. The third-order valence-electron chi connectivity index (χ3n) is 4.33. The fourth-order valence-corrected chi connectivity index (χ4v) is 3.04. The van der Waals surface area contributed by atoms with Crippen LogP contribution in [0.4, 0.5) is 4.39 Å². The number of nitrogens with one attached hydrogen (secondary N) is 1. The number of carbonyl (C=O) groups is 2. The van der Waals surface area contributed by atoms with E-state index >= 15 is 0 Å². The fourth-order valence-electron chi connectivity index (χ4n) is 2.87. The van der Waals surface area contributed by atoms with Crippen molar-refractivity contribution in [2.24, 2.45) is 0 Å². The Morgan fingerprint density at radius 2 is 1.89 bits per heavy atom. The highest BCUT2D eigenvalue weighted by molar-refractivity contribution is 6.30. The average Bonchev–Trinajstić information content (AvgIpc) is 3.19. The lowest BCUT2D eigenvalue weighted by Gasteiger charge is -2.10. The summed E-state index contributed by atoms with van der Waals surface area (Å²) >= 11 is 5.75. The Bertz CT molecular complexity index is 989. The average molecular weight is 389 g/mol. The molecule has 0 amide bonds. The number of ether oxygens (including phenoxy) is 1. The number of halogens is 2. The molecule has 140 valence electrons. The molecule has 2 heterocycles. The third-order valence-corrected chi connectivity index (χ3v) is 4.55. The lowest BCUT2D eigenvalue weighted by molar-refractivity contribution is 0.0469. The molecular formula is C20H18ClFN2O3. The SMILES string of the molecule is Cc1cc(C(=O)COC(=O)c2cc(Cl)c[nH]2)c(C)n1Cc1ccc(F)cc1. The second kappa shape index (κ2) is 7.80. The maximum atomic E-state index is 13.1. The largest absolute Gasteiger partial charge is 0.453 e. The minimum atomic E-state index is -0.643. The van der Waals surface area contributed by atoms with Crippen molar-refractivity contribution in [3.63, 3.8) is 0 Å². The molecule has 1 aromatic carbocycles. The molecule has 0 saturated heterocycles. The predicted octanol–water partition coefficient (Wildman–Crippen LogP) is 4.31. The van der Waals surface area contributed by atoms with Crippen molar-refractivity contribution in [1.82, 2.24) is 9.55 Å². The predicted molar refractivity (Wildman–Crippen MR) is 99.8 cm³/mol. The molecule has 27 heavy (non-hydrogen) atoms. The van der Waals surface area contributed by atoms with Crippen molar-refractivity contribution in [2.45, 2.75) is 20.4 Å². The van der Waals surface area contributed by atoms with Gasteiger partial charge in [-0.2, -0.15) is 0 Å². The van der Waals surface area contributed by atoms with Crippen molar-refractivity contribution in [1.29, 1.82) is 0 Å². The molecule has 0 atom stereocenters. The van der Waals surface area contributed by atoms with Gasteiger partial charge in [-0.3, -0.25) is 4.79 Å². The molecular weight excluding hydrogens is 371 g/mol. The topological polar surface area (TPSA) is 64.1 Å². The molecule has 1 N–H and O–H groups in total. The zero-order valence-corrected chi connectivity index (χ0v) is 15.6. The molecule has 0 fully saturated rings. The summed E-state index contributed by atoms with van der Waals surface area (Å²) in [5, 5.41) is 0.387. The number of Topliss-reactive ketones (excluding diaryl/α,β-unsaturated/α-hetero) is 1. The minimum absolute atomic E-state index is 0.189. The first-order chi connectivity index (χ1) is 12.8. The Kier molecular flexibility index (Phi) is 5.46. The number of aromatic nitrogens is 2. The number of benzene rings is 1. The van der Waals surface area contributed by atoms with Gasteiger partial charge in [-0.15, -0.1) is 0 Å². The smallest absolute Gasteiger partial charge is 0.355 e. The molecule has 0 aliphatic rings. The van der Waals surface area contributed by atoms with Crippen LogP contribution in [-0.4, -0.2) is 27.9 Å². The molecule has 0 aliphatic heterocycles. The maximum Gasteiger partial charge on any atom is 0.355 e. The summed E-state index contributed by atoms with van der Waals surface area (Å²) in [6.45, 7) is 3.87. The fraction of sp³-hybridized carbons (Fsp3) is 0.200. The van der Waals surface area contributed by atoms with Gasteiger partial charge in [-0.05, 0) is 43.7 Å². The van der Waals surface area contributed by atoms with E-state index in [9.17, 15) is 14.0 Å². The molecule has 0 radical (unpaired) electrons. The lowest BCUT2D eigenvalue weighted by Crippen LogP contribution is -2.15. The van der Waals surface area contributed by atoms with Gasteiger partial charge in [0.05, 0.1) is 5.02 Å². The highest BCUT2D eigenvalue weighted by atomic mass is 35.5. The summed E-state index contributed by atoms with van der Waals surface area (Å²) in [6.07, 6.45) is 1.46. The van der Waals surface area contributed by atoms with Crippen LogP contribution in [0.2, 0.25) is 5.02 Å². The van der Waals surface area contributed by atoms with Gasteiger partial charge in [0.1, 0.15) is 11.5 Å². The van der Waals surface area contributed by atoms with Crippen molar-refractivity contribution in [3.8, 4) is 0 Å². The van der Waals surface area contributed by atoms with Gasteiger partial charge in [0.25, 0.3) is 0 Å². The van der Waals surface area contributed by atoms with Gasteiger partial charge in [-0.25, -0.2) is 9.18 Å². The van der Waals surface area contributed by atoms with Crippen LogP contribution in [0.25, 0.3) is 0 Å². The highest BCUT2D eigenvalue weighted by Crippen LogP contribution is 2.18. The number of aryl methyl sites for hydroxylation is 1. The Morgan fingerprint density at radius 3 is 2.52 bits per heavy atom. The molecule has 0 spiro atoms. The van der Waals surface area contributed by atoms with Gasteiger partial charge in [0.15, 0.2) is 6.61 Å². The lowest BCUT2D eigenvalue weighted by atomic mass is 10.1. The van der Waals surface area contributed by atoms with Crippen LogP contribution in [0.15, 0.2) is 42.6 Å². The third kappa shape index (κ3) is 4.28. The van der Waals surface area contributed by atoms with Crippen molar-refractivity contribution in [3.05, 3.63) is 81.6 Å². The van der Waals surface area contributed by atoms with Crippen LogP contribution >= 0.6 is 11.6 Å². The molecule has 5 nitrogen and oxygen atoms in total. The number of aromatic amines is 1. The highest BCUT2D eigenvalue weighted by Gasteiger charge is 2.18. The molecule has 0 unspecified atom stereocenters. The number of nitrogens with zero attached hydrogens (tertiary/aromatic N) is 1. The summed E-state index contributed by atoms with van der Waals surface area (Å²) in [5.74, 6) is -1.23. The number of carbonyl (C=O) groups excluding carboxylic acids is 2. The van der Waals surface area contributed by atoms with Crippen LogP contribution < -0.4 is 0 Å². The van der Waals surface area contributed by atoms with Gasteiger partial charge >= 0.3 is 5.97 Å². The summed E-state index contributed by atoms with van der Waals surface area (Å²) in [4.78, 5) is 27.1. The quantitative estimate of drug-likeness (QED) is 0.505. The van der Waals surface area contributed by atoms with Gasteiger partial charge < -0.3 is 14.3 Å². The molecule has 7 heteroatoms. The van der Waals surface area contributed by atoms with E-state index in [1.165, 1.54) is 24.4 Å². The normalized spacial score (nSPS) is 10.8. The van der Waals surface area contributed by atoms with Gasteiger partial charge in [0.2, 0.25) is 5.78 Å². The van der Waals surface area contributed by atoms with Crippen LogP contribution in [0, 0.1) is 19.7 Å². The molecule has 0 saturated carbocycles. The van der Waals surface area contributed by atoms with Gasteiger partial charge in [-0.1, -0.05) is 23.7 Å². The summed E-state index contributed by atoms with van der Waals surface area (Å²) in [7, 11) is 0. The number of rotatable bonds is 6. The van der Waals surface area contributed by atoms with E-state index in [0.29, 0.717) is 17.1 Å². The number of ketones is 1. The van der Waals surface area contributed by atoms with Crippen LogP contribution in [0.3, 0.4) is 0 Å². The summed E-state index contributed by atoms with van der Waals surface area (Å²) in [5.41, 5.74) is 3.26. The number of hydrogen-bond donors (Lipinski definition) is 1. The summed E-state index contributed by atoms with van der Waals surface area (Å²) < 4.78 is 20.1. The zero-order valence-electron chi connectivity index (χ0n) is 14.9. The van der Waals surface area contributed by atoms with E-state index in [4.69, 9.17) is 16.3 Å². The maximum absolute atomic E-state index is 13.1. The monoisotopic (exact) mass is 388 g/mol. The van der Waals surface area contributed by atoms with Crippen LogP contribution in [0.5, 0.6) is 0 Å². The second-order valence-electron chi connectivity index (χ2n) is 6.23. The van der Waals surface area contributed by atoms with Crippen molar-refractivity contribution in [2.75, 3.05) is 6.61 Å². The van der Waals surface area contributed by atoms with E-state index in [1.807, 2.05) is 18.4 Å². The number of H-pyrrole nitrogens is 1. The minimum Gasteiger partial charge on any atom is -0.453 e. The molecule has 3 aromatic rings. The van der Waals surface area contributed by atoms with Crippen LogP contribution in [-0.2, 0) is 11.3 Å². The van der Waals surface area contributed by atoms with Crippen LogP contribution in [0.1, 0.15) is 37.8 Å². The van der Waals surface area contributed by atoms with E-state index in [2.05, 4.69) is 4.98 Å². The van der Waals surface area contributed by atoms with Gasteiger partial charge in [0, 0.05) is 29.7 Å². The molecule has 2 aromatic heterocycles. The summed E-state index contributed by atoms with van der Waals surface area (Å²) in [6, 6.07) is 9.42. The Hall–Kier alpha value is -2.86. The van der Waals surface area contributed by atoms with E-state index in [-0.39, 0.29) is 23.9 Å². The molecule has 3 rings (SSSR count). The Labute approximate surface area is 160 Å². The number of hydrogen-bond acceptors (Lipinski definition) is 3. The first-order valence-electron chi connectivity index (χ1n) is 8.30. The van der Waals surface area contributed by atoms with E-state index in [0.717, 1.165) is 17.0 Å². The first-order valence-corrected chi connectivity index (χ1v) is 8.68. The Morgan fingerprint density at radius 1 is 1.19 bits per heavy atom. The number of esters is 1. The molecule has 0 bridgehead atoms. The Balaban J connectivity index is 1.70. The van der Waals surface area contributed by atoms with E-state index < -0.39 is 5.97 Å². The zero-order chi connectivity index (χ0) is 19.6. The second-order valence-corrected chi connectivity index (χ2v) is 6.66. The van der Waals surface area contributed by atoms with Crippen molar-refractivity contribution >= 4 is 23.4 Å². The standard InChI is InChI=1S/C20H18ClFN2O3/c1-12-7-17(13(2)24(12)10-14-3-5-16(22)6-4-14)19(25)11-27-20(26)18-8-15(21)9-23-18/h3-9,23H,10-11H2,1-2H3.